The molecule has 1 saturated heterocycles. The lowest BCUT2D eigenvalue weighted by molar-refractivity contribution is -0.125. The lowest BCUT2D eigenvalue weighted by Crippen LogP contribution is -2.45. The largest absolute Gasteiger partial charge is 0.355 e. The Kier molecular flexibility index (Phi) is 6.45. The minimum Gasteiger partial charge on any atom is -0.355 e. The van der Waals surface area contributed by atoms with Gasteiger partial charge in [-0.15, -0.1) is 0 Å². The molecule has 1 aromatic carbocycles. The van der Waals surface area contributed by atoms with Crippen molar-refractivity contribution in [1.82, 2.24) is 24.8 Å². The summed E-state index contributed by atoms with van der Waals surface area (Å²) in [4.78, 5) is 16.4. The zero-order valence-electron chi connectivity index (χ0n) is 14.5. The number of benzene rings is 1. The predicted octanol–water partition coefficient (Wildman–Crippen LogP) is 1.25. The number of rotatable bonds is 7. The van der Waals surface area contributed by atoms with E-state index in [4.69, 9.17) is 0 Å². The molecule has 0 radical (unpaired) electrons. The number of halogens is 1. The Bertz CT molecular complexity index is 859. The van der Waals surface area contributed by atoms with E-state index < -0.39 is 21.8 Å². The molecule has 1 aromatic heterocycles. The number of nitrogens with zero attached hydrogens (tertiary/aromatic N) is 3. The molecule has 1 aliphatic rings. The average molecular weight is 414 g/mol. The van der Waals surface area contributed by atoms with E-state index in [-0.39, 0.29) is 17.3 Å². The van der Waals surface area contributed by atoms with Crippen LogP contribution in [-0.4, -0.2) is 59.2 Å². The molecule has 1 amide bonds. The first-order valence-electron chi connectivity index (χ1n) is 8.48. The molecule has 2 N–H and O–H groups in total. The normalized spacial score (nSPS) is 18.3. The third kappa shape index (κ3) is 5.05. The van der Waals surface area contributed by atoms with Crippen LogP contribution in [-0.2, 0) is 14.8 Å². The molecule has 2 aromatic rings. The quantitative estimate of drug-likeness (QED) is 0.523. The van der Waals surface area contributed by atoms with Gasteiger partial charge in [-0.2, -0.15) is 9.40 Å². The highest BCUT2D eigenvalue weighted by Crippen LogP contribution is 2.24. The summed E-state index contributed by atoms with van der Waals surface area (Å²) in [5, 5.41) is 9.99. The van der Waals surface area contributed by atoms with Crippen molar-refractivity contribution in [1.29, 1.82) is 0 Å². The molecule has 0 bridgehead atoms. The van der Waals surface area contributed by atoms with E-state index >= 15 is 0 Å². The van der Waals surface area contributed by atoms with Gasteiger partial charge in [-0.1, -0.05) is 11.8 Å². The molecule has 1 aliphatic heterocycles. The van der Waals surface area contributed by atoms with Crippen molar-refractivity contribution in [2.75, 3.05) is 25.4 Å². The minimum absolute atomic E-state index is 0.0356. The molecular formula is C16H20FN5O3S2. The number of aromatic nitrogens is 3. The second kappa shape index (κ2) is 8.81. The summed E-state index contributed by atoms with van der Waals surface area (Å²) in [6.45, 7) is 0.928. The van der Waals surface area contributed by atoms with Gasteiger partial charge < -0.3 is 5.32 Å². The number of thioether (sulfide) groups is 1. The van der Waals surface area contributed by atoms with E-state index in [9.17, 15) is 17.6 Å². The van der Waals surface area contributed by atoms with Crippen LogP contribution in [0.2, 0.25) is 0 Å². The van der Waals surface area contributed by atoms with Crippen molar-refractivity contribution in [2.45, 2.75) is 22.9 Å². The highest BCUT2D eigenvalue weighted by Gasteiger charge is 2.33. The van der Waals surface area contributed by atoms with E-state index in [2.05, 4.69) is 20.5 Å². The van der Waals surface area contributed by atoms with Crippen LogP contribution in [0.3, 0.4) is 0 Å². The first-order valence-corrected chi connectivity index (χ1v) is 10.9. The molecule has 0 aliphatic carbocycles. The van der Waals surface area contributed by atoms with Crippen molar-refractivity contribution >= 4 is 27.7 Å². The SMILES string of the molecule is O=C(NCCSc1ncn[nH]1)[C@@H]1CCCN(S(=O)(=O)c2ccc(F)cc2)C1. The summed E-state index contributed by atoms with van der Waals surface area (Å²) in [7, 11) is -3.74. The number of hydrogen-bond donors (Lipinski definition) is 2. The highest BCUT2D eigenvalue weighted by molar-refractivity contribution is 7.99. The van der Waals surface area contributed by atoms with E-state index in [1.165, 1.54) is 34.5 Å². The fourth-order valence-electron chi connectivity index (χ4n) is 2.86. The molecule has 1 fully saturated rings. The fraction of sp³-hybridized carbons (Fsp3) is 0.438. The number of nitrogens with one attached hydrogen (secondary N) is 2. The van der Waals surface area contributed by atoms with Crippen molar-refractivity contribution in [3.8, 4) is 0 Å². The van der Waals surface area contributed by atoms with Crippen LogP contribution in [0.25, 0.3) is 0 Å². The summed E-state index contributed by atoms with van der Waals surface area (Å²) in [6, 6.07) is 4.73. The van der Waals surface area contributed by atoms with Gasteiger partial charge >= 0.3 is 0 Å². The Morgan fingerprint density at radius 3 is 2.85 bits per heavy atom. The summed E-state index contributed by atoms with van der Waals surface area (Å²) in [5.41, 5.74) is 0. The molecule has 3 rings (SSSR count). The van der Waals surface area contributed by atoms with Crippen LogP contribution < -0.4 is 5.32 Å². The molecule has 2 heterocycles. The molecule has 8 nitrogen and oxygen atoms in total. The Balaban J connectivity index is 1.53. The number of hydrogen-bond acceptors (Lipinski definition) is 6. The van der Waals surface area contributed by atoms with Crippen LogP contribution in [0.15, 0.2) is 40.6 Å². The molecule has 11 heteroatoms. The molecular weight excluding hydrogens is 393 g/mol. The lowest BCUT2D eigenvalue weighted by atomic mass is 9.99. The lowest BCUT2D eigenvalue weighted by Gasteiger charge is -2.31. The number of aromatic amines is 1. The van der Waals surface area contributed by atoms with Crippen molar-refractivity contribution < 1.29 is 17.6 Å². The summed E-state index contributed by atoms with van der Waals surface area (Å²) >= 11 is 1.44. The second-order valence-electron chi connectivity index (χ2n) is 6.09. The Morgan fingerprint density at radius 2 is 2.15 bits per heavy atom. The van der Waals surface area contributed by atoms with E-state index in [0.717, 1.165) is 12.1 Å². The number of amides is 1. The molecule has 27 heavy (non-hydrogen) atoms. The Labute approximate surface area is 161 Å². The number of carbonyl (C=O) groups is 1. The van der Waals surface area contributed by atoms with Gasteiger partial charge in [-0.3, -0.25) is 9.89 Å². The van der Waals surface area contributed by atoms with Crippen LogP contribution >= 0.6 is 11.8 Å². The van der Waals surface area contributed by atoms with Gasteiger partial charge in [0.1, 0.15) is 12.1 Å². The third-order valence-electron chi connectivity index (χ3n) is 4.24. The number of sulfonamides is 1. The standard InChI is InChI=1S/C16H20FN5O3S2/c17-13-3-5-14(6-4-13)27(24,25)22-8-1-2-12(10-22)15(23)18-7-9-26-16-19-11-20-21-16/h3-6,11-12H,1-2,7-10H2,(H,18,23)(H,19,20,21)/t12-/m1/s1. The number of piperidine rings is 1. The predicted molar refractivity (Wildman–Crippen MR) is 98.0 cm³/mol. The molecule has 146 valence electrons. The first kappa shape index (κ1) is 19.8. The van der Waals surface area contributed by atoms with Gasteiger partial charge in [0, 0.05) is 25.4 Å². The Hall–Kier alpha value is -1.98. The second-order valence-corrected chi connectivity index (χ2v) is 9.11. The molecule has 0 spiro atoms. The van der Waals surface area contributed by atoms with Crippen LogP contribution in [0.5, 0.6) is 0 Å². The Morgan fingerprint density at radius 1 is 1.37 bits per heavy atom. The van der Waals surface area contributed by atoms with Crippen LogP contribution in [0.4, 0.5) is 4.39 Å². The summed E-state index contributed by atoms with van der Waals surface area (Å²) in [6.07, 6.45) is 2.65. The third-order valence-corrected chi connectivity index (χ3v) is 7.00. The van der Waals surface area contributed by atoms with Gasteiger partial charge in [-0.25, -0.2) is 17.8 Å². The maximum atomic E-state index is 13.1. The highest BCUT2D eigenvalue weighted by atomic mass is 32.2. The smallest absolute Gasteiger partial charge is 0.243 e. The van der Waals surface area contributed by atoms with Gasteiger partial charge in [0.25, 0.3) is 0 Å². The monoisotopic (exact) mass is 413 g/mol. The number of carbonyl (C=O) groups excluding carboxylic acids is 1. The molecule has 0 saturated carbocycles. The zero-order valence-corrected chi connectivity index (χ0v) is 16.1. The van der Waals surface area contributed by atoms with Gasteiger partial charge in [0.15, 0.2) is 5.16 Å². The van der Waals surface area contributed by atoms with Gasteiger partial charge in [-0.05, 0) is 37.1 Å². The number of H-pyrrole nitrogens is 1. The van der Waals surface area contributed by atoms with Crippen LogP contribution in [0.1, 0.15) is 12.8 Å². The summed E-state index contributed by atoms with van der Waals surface area (Å²) in [5.74, 6) is -0.421. The van der Waals surface area contributed by atoms with Crippen molar-refractivity contribution in [3.05, 3.63) is 36.4 Å². The van der Waals surface area contributed by atoms with Crippen molar-refractivity contribution in [3.63, 3.8) is 0 Å². The maximum absolute atomic E-state index is 13.1. The van der Waals surface area contributed by atoms with E-state index in [1.807, 2.05) is 0 Å². The molecule has 1 atom stereocenters. The van der Waals surface area contributed by atoms with Crippen LogP contribution in [0, 0.1) is 11.7 Å². The topological polar surface area (TPSA) is 108 Å². The minimum atomic E-state index is -3.74. The zero-order chi connectivity index (χ0) is 19.3. The first-order chi connectivity index (χ1) is 13.0. The average Bonchev–Trinajstić information content (AvgIpc) is 3.19. The maximum Gasteiger partial charge on any atom is 0.243 e. The molecule has 0 unspecified atom stereocenters. The van der Waals surface area contributed by atoms with E-state index in [0.29, 0.717) is 36.8 Å². The summed E-state index contributed by atoms with van der Waals surface area (Å²) < 4.78 is 39.8. The fourth-order valence-corrected chi connectivity index (χ4v) is 5.02. The van der Waals surface area contributed by atoms with Gasteiger partial charge in [0.05, 0.1) is 10.8 Å². The van der Waals surface area contributed by atoms with Gasteiger partial charge in [0.2, 0.25) is 15.9 Å². The van der Waals surface area contributed by atoms with Crippen molar-refractivity contribution in [2.24, 2.45) is 5.92 Å². The van der Waals surface area contributed by atoms with E-state index in [1.54, 1.807) is 0 Å².